The summed E-state index contributed by atoms with van der Waals surface area (Å²) in [5.74, 6) is 0. The topological polar surface area (TPSA) is 30.2 Å². The van der Waals surface area contributed by atoms with Gasteiger partial charge in [0.25, 0.3) is 0 Å². The maximum absolute atomic E-state index is 5.83. The molecule has 1 heterocycles. The van der Waals surface area contributed by atoms with Gasteiger partial charge in [0, 0.05) is 28.8 Å². The number of rotatable bonds is 6. The molecule has 0 unspecified atom stereocenters. The summed E-state index contributed by atoms with van der Waals surface area (Å²) in [7, 11) is -0.486. The van der Waals surface area contributed by atoms with E-state index in [4.69, 9.17) is 9.73 Å². The van der Waals surface area contributed by atoms with Gasteiger partial charge in [-0.3, -0.25) is 4.74 Å². The Balaban J connectivity index is 1.81. The van der Waals surface area contributed by atoms with Crippen LogP contribution in [0.5, 0.6) is 0 Å². The Bertz CT molecular complexity index is 1740. The quantitative estimate of drug-likeness (QED) is 0.197. The van der Waals surface area contributed by atoms with Gasteiger partial charge in [-0.05, 0) is 25.0 Å². The van der Waals surface area contributed by atoms with E-state index < -0.39 is 7.05 Å². The maximum Gasteiger partial charge on any atom is 0.158 e. The zero-order valence-corrected chi connectivity index (χ0v) is 24.0. The van der Waals surface area contributed by atoms with Gasteiger partial charge in [0.05, 0.1) is 24.1 Å². The molecule has 0 bridgehead atoms. The number of aryl methyl sites for hydroxylation is 2. The summed E-state index contributed by atoms with van der Waals surface area (Å²) >= 11 is 0. The van der Waals surface area contributed by atoms with Crippen LogP contribution >= 0.6 is 7.05 Å². The predicted octanol–water partition coefficient (Wildman–Crippen LogP) is 8.18. The van der Waals surface area contributed by atoms with Crippen LogP contribution in [0.3, 0.4) is 0 Å². The molecule has 0 spiro atoms. The Morgan fingerprint density at radius 3 is 1.50 bits per heavy atom. The van der Waals surface area contributed by atoms with Gasteiger partial charge >= 0.3 is 0 Å². The molecular weight excluding hydrogens is 505 g/mol. The molecule has 0 saturated heterocycles. The number of hydrogen-bond acceptors (Lipinski definition) is 2. The summed E-state index contributed by atoms with van der Waals surface area (Å²) in [6.07, 6.45) is 0. The minimum absolute atomic E-state index is 0.970. The van der Waals surface area contributed by atoms with Crippen LogP contribution < -0.4 is 16.2 Å². The molecule has 0 saturated carbocycles. The zero-order valence-electron chi connectivity index (χ0n) is 23.1. The molecule has 0 N–H and O–H groups in total. The Labute approximate surface area is 236 Å². The number of aromatic nitrogens is 2. The molecule has 0 amide bonds. The van der Waals surface area contributed by atoms with Crippen LogP contribution in [-0.2, 0) is 7.05 Å². The van der Waals surface area contributed by atoms with Crippen molar-refractivity contribution in [2.24, 2.45) is 11.8 Å². The first-order valence-corrected chi connectivity index (χ1v) is 15.3. The monoisotopic (exact) mass is 537 g/mol. The van der Waals surface area contributed by atoms with E-state index in [2.05, 4.69) is 165 Å². The van der Waals surface area contributed by atoms with E-state index in [0.717, 1.165) is 44.9 Å². The number of nitrogens with zero attached hydrogens (tertiary/aromatic N) is 3. The lowest BCUT2D eigenvalue weighted by Gasteiger charge is -2.27. The lowest BCUT2D eigenvalue weighted by atomic mass is 10.1. The highest BCUT2D eigenvalue weighted by Gasteiger charge is 2.34. The fourth-order valence-electron chi connectivity index (χ4n) is 5.44. The minimum Gasteiger partial charge on any atom is -0.325 e. The van der Waals surface area contributed by atoms with Crippen molar-refractivity contribution in [2.75, 3.05) is 0 Å². The van der Waals surface area contributed by atoms with E-state index in [9.17, 15) is 0 Å². The first-order valence-electron chi connectivity index (χ1n) is 13.6. The van der Waals surface area contributed by atoms with E-state index in [-0.39, 0.29) is 0 Å². The van der Waals surface area contributed by atoms with Crippen LogP contribution in [0.25, 0.3) is 22.5 Å². The van der Waals surface area contributed by atoms with Crippen molar-refractivity contribution in [3.8, 4) is 22.5 Å². The Morgan fingerprint density at radius 1 is 0.550 bits per heavy atom. The fourth-order valence-corrected chi connectivity index (χ4v) is 9.12. The van der Waals surface area contributed by atoms with E-state index in [1.165, 1.54) is 10.6 Å². The van der Waals surface area contributed by atoms with E-state index in [1.54, 1.807) is 0 Å². The molecule has 1 aromatic heterocycles. The number of imidazole rings is 1. The molecule has 40 heavy (non-hydrogen) atoms. The first kappa shape index (κ1) is 25.8. The summed E-state index contributed by atoms with van der Waals surface area (Å²) in [5, 5.41) is 2.35. The van der Waals surface area contributed by atoms with E-state index >= 15 is 0 Å². The van der Waals surface area contributed by atoms with Crippen LogP contribution in [0, 0.1) is 13.8 Å². The van der Waals surface area contributed by atoms with Gasteiger partial charge < -0.3 is 4.57 Å². The number of hydrogen-bond donors (Lipinski definition) is 0. The van der Waals surface area contributed by atoms with E-state index in [0.29, 0.717) is 0 Å². The van der Waals surface area contributed by atoms with Gasteiger partial charge in [-0.15, -0.1) is 0 Å². The van der Waals surface area contributed by atoms with Crippen LogP contribution in [0.1, 0.15) is 11.1 Å². The molecule has 0 radical (unpaired) electrons. The molecule has 5 aromatic carbocycles. The summed E-state index contributed by atoms with van der Waals surface area (Å²) < 4.78 is 8.12. The second kappa shape index (κ2) is 11.0. The van der Waals surface area contributed by atoms with Gasteiger partial charge in [-0.2, -0.15) is 0 Å². The van der Waals surface area contributed by atoms with Crippen molar-refractivity contribution >= 4 is 28.9 Å². The van der Waals surface area contributed by atoms with Crippen LogP contribution in [-0.4, -0.2) is 9.55 Å². The summed E-state index contributed by atoms with van der Waals surface area (Å²) in [4.78, 5) is 5.56. The van der Waals surface area contributed by atoms with Crippen molar-refractivity contribution in [1.82, 2.24) is 9.55 Å². The zero-order chi connectivity index (χ0) is 27.5. The third kappa shape index (κ3) is 4.53. The normalized spacial score (nSPS) is 11.4. The maximum atomic E-state index is 5.83. The molecule has 3 nitrogen and oxygen atoms in total. The van der Waals surface area contributed by atoms with Gasteiger partial charge in [0.15, 0.2) is 5.57 Å². The van der Waals surface area contributed by atoms with Crippen molar-refractivity contribution in [3.05, 3.63) is 151 Å². The number of benzene rings is 5. The minimum atomic E-state index is -2.64. The highest BCUT2D eigenvalue weighted by atomic mass is 31.2. The molecule has 6 aromatic rings. The second-order valence-electron chi connectivity index (χ2n) is 10.0. The molecule has 0 aliphatic rings. The molecule has 6 rings (SSSR count). The summed E-state index contributed by atoms with van der Waals surface area (Å²) in [6, 6.07) is 49.0. The Morgan fingerprint density at radius 2 is 1.00 bits per heavy atom. The standard InChI is InChI=1S/C36H32N3P/c1-27-17-16-18-28(2)33(27)38-40(31-23-12-6-13-24-31,32-25-14-7-15-26-32)36-37-34(29-19-8-4-9-20-29)35(39(36)3)30-21-10-5-11-22-30/h4-26H,1-3H3. The predicted molar refractivity (Wildman–Crippen MR) is 171 cm³/mol. The van der Waals surface area contributed by atoms with Crippen molar-refractivity contribution < 1.29 is 0 Å². The summed E-state index contributed by atoms with van der Waals surface area (Å²) in [5.41, 5.74) is 8.63. The van der Waals surface area contributed by atoms with Gasteiger partial charge in [-0.25, -0.2) is 4.98 Å². The highest BCUT2D eigenvalue weighted by molar-refractivity contribution is 7.87. The molecule has 0 fully saturated rings. The summed E-state index contributed by atoms with van der Waals surface area (Å²) in [6.45, 7) is 4.30. The third-order valence-electron chi connectivity index (χ3n) is 7.40. The molecule has 0 aliphatic heterocycles. The molecule has 0 aliphatic carbocycles. The fraction of sp³-hybridized carbons (Fsp3) is 0.0833. The smallest absolute Gasteiger partial charge is 0.158 e. The average Bonchev–Trinajstić information content (AvgIpc) is 3.36. The molecule has 0 atom stereocenters. The van der Waals surface area contributed by atoms with Crippen LogP contribution in [0.2, 0.25) is 0 Å². The highest BCUT2D eigenvalue weighted by Crippen LogP contribution is 2.51. The Kier molecular flexibility index (Phi) is 7.07. The second-order valence-corrected chi connectivity index (χ2v) is 13.0. The van der Waals surface area contributed by atoms with Gasteiger partial charge in [-0.1, -0.05) is 140 Å². The lowest BCUT2D eigenvalue weighted by molar-refractivity contribution is 0.959. The van der Waals surface area contributed by atoms with Gasteiger partial charge in [0.1, 0.15) is 0 Å². The SMILES string of the molecule is Cc1cccc(C)c1N=P(c1ccccc1)(c1ccccc1)c1nc(-c2ccccc2)c(-c2ccccc2)n1C. The third-order valence-corrected chi connectivity index (χ3v) is 11.0. The van der Waals surface area contributed by atoms with E-state index in [1.807, 2.05) is 0 Å². The van der Waals surface area contributed by atoms with Crippen LogP contribution in [0.15, 0.2) is 144 Å². The lowest BCUT2D eigenvalue weighted by Crippen LogP contribution is -2.31. The molecular formula is C36H32N3P. The molecule has 4 heteroatoms. The molecule has 196 valence electrons. The Hall–Kier alpha value is -4.46. The van der Waals surface area contributed by atoms with Crippen molar-refractivity contribution in [3.63, 3.8) is 0 Å². The van der Waals surface area contributed by atoms with Gasteiger partial charge in [0.2, 0.25) is 0 Å². The first-order chi connectivity index (χ1) is 19.6. The van der Waals surface area contributed by atoms with Crippen molar-refractivity contribution in [2.45, 2.75) is 13.8 Å². The largest absolute Gasteiger partial charge is 0.325 e. The van der Waals surface area contributed by atoms with Crippen LogP contribution in [0.4, 0.5) is 5.69 Å². The average molecular weight is 538 g/mol. The van der Waals surface area contributed by atoms with Crippen molar-refractivity contribution in [1.29, 1.82) is 0 Å².